The summed E-state index contributed by atoms with van der Waals surface area (Å²) in [6, 6.07) is 0. The number of halogens is 2. The fourth-order valence-electron chi connectivity index (χ4n) is 0.938. The molecule has 0 fully saturated rings. The molecule has 0 unspecified atom stereocenters. The molecule has 0 aromatic heterocycles. The van der Waals surface area contributed by atoms with Crippen LogP contribution in [0.4, 0.5) is 0 Å². The van der Waals surface area contributed by atoms with Gasteiger partial charge in [-0.1, -0.05) is 31.0 Å². The normalized spacial score (nSPS) is 11.4. The number of rotatable bonds is 5. The first-order valence-corrected chi connectivity index (χ1v) is 4.66. The molecule has 0 aromatic carbocycles. The molecule has 0 amide bonds. The summed E-state index contributed by atoms with van der Waals surface area (Å²) in [6.45, 7) is 5.80. The summed E-state index contributed by atoms with van der Waals surface area (Å²) in [6.07, 6.45) is 4.95. The molecule has 0 spiro atoms. The van der Waals surface area contributed by atoms with Gasteiger partial charge in [0.15, 0.2) is 0 Å². The van der Waals surface area contributed by atoms with Crippen molar-refractivity contribution in [1.82, 2.24) is 0 Å². The van der Waals surface area contributed by atoms with Gasteiger partial charge in [-0.05, 0) is 12.8 Å². The van der Waals surface area contributed by atoms with Crippen molar-refractivity contribution in [2.45, 2.75) is 26.2 Å². The van der Waals surface area contributed by atoms with Crippen LogP contribution in [-0.4, -0.2) is 5.54 Å². The van der Waals surface area contributed by atoms with Gasteiger partial charge in [-0.15, -0.1) is 6.58 Å². The molecule has 0 saturated carbocycles. The second kappa shape index (κ2) is 6.81. The van der Waals surface area contributed by atoms with Gasteiger partial charge in [0.05, 0.1) is 0 Å². The highest BCUT2D eigenvalue weighted by Gasteiger charge is 2.02. The molecular weight excluding hydrogens is 178 g/mol. The van der Waals surface area contributed by atoms with Crippen molar-refractivity contribution in [3.63, 3.8) is 0 Å². The first kappa shape index (κ1) is 11.1. The molecule has 0 heterocycles. The average Bonchev–Trinajstić information content (AvgIpc) is 1.87. The molecule has 0 rings (SSSR count). The van der Waals surface area contributed by atoms with Crippen molar-refractivity contribution >= 4 is 28.5 Å². The number of hydrogen-bond acceptors (Lipinski definition) is 0. The van der Waals surface area contributed by atoms with Crippen molar-refractivity contribution in [2.75, 3.05) is 0 Å². The van der Waals surface area contributed by atoms with Crippen molar-refractivity contribution < 1.29 is 0 Å². The first-order chi connectivity index (χ1) is 5.20. The van der Waals surface area contributed by atoms with E-state index in [-0.39, 0.29) is 5.54 Å². The van der Waals surface area contributed by atoms with Crippen LogP contribution >= 0.6 is 22.9 Å². The fraction of sp³-hybridized carbons (Fsp3) is 0.500. The third-order valence-electron chi connectivity index (χ3n) is 1.34. The SMILES string of the molecule is C=CC/C(=C/B(Cl)Cl)CCC. The lowest BCUT2D eigenvalue weighted by Gasteiger charge is -2.01. The summed E-state index contributed by atoms with van der Waals surface area (Å²) in [4.78, 5) is 0. The Kier molecular flexibility index (Phi) is 6.89. The predicted molar refractivity (Wildman–Crippen MR) is 55.3 cm³/mol. The van der Waals surface area contributed by atoms with Crippen molar-refractivity contribution in [1.29, 1.82) is 0 Å². The maximum atomic E-state index is 5.60. The molecule has 0 saturated heterocycles. The zero-order valence-corrected chi connectivity index (χ0v) is 8.33. The van der Waals surface area contributed by atoms with Crippen LogP contribution in [0, 0.1) is 0 Å². The van der Waals surface area contributed by atoms with E-state index in [1.54, 1.807) is 0 Å². The molecule has 0 aliphatic carbocycles. The highest BCUT2D eigenvalue weighted by Crippen LogP contribution is 2.13. The molecular formula is C8H13BCl2. The predicted octanol–water partition coefficient (Wildman–Crippen LogP) is 3.79. The lowest BCUT2D eigenvalue weighted by atomic mass is 9.96. The van der Waals surface area contributed by atoms with Gasteiger partial charge in [0.2, 0.25) is 0 Å². The lowest BCUT2D eigenvalue weighted by molar-refractivity contribution is 0.883. The van der Waals surface area contributed by atoms with Gasteiger partial charge in [-0.2, -0.15) is 22.9 Å². The van der Waals surface area contributed by atoms with Crippen molar-refractivity contribution in [2.24, 2.45) is 0 Å². The summed E-state index contributed by atoms with van der Waals surface area (Å²) in [5.41, 5.74) is 0.897. The highest BCUT2D eigenvalue weighted by molar-refractivity contribution is 7.36. The van der Waals surface area contributed by atoms with E-state index in [4.69, 9.17) is 22.9 Å². The summed E-state index contributed by atoms with van der Waals surface area (Å²) in [5.74, 6) is 1.88. The van der Waals surface area contributed by atoms with Crippen LogP contribution in [0.1, 0.15) is 26.2 Å². The quantitative estimate of drug-likeness (QED) is 0.457. The summed E-state index contributed by atoms with van der Waals surface area (Å²) < 4.78 is 0. The highest BCUT2D eigenvalue weighted by atomic mass is 35.5. The molecule has 0 atom stereocenters. The summed E-state index contributed by atoms with van der Waals surface area (Å²) in [7, 11) is 0. The Morgan fingerprint density at radius 3 is 2.55 bits per heavy atom. The van der Waals surface area contributed by atoms with E-state index in [9.17, 15) is 0 Å². The Labute approximate surface area is 79.2 Å². The molecule has 0 N–H and O–H groups in total. The van der Waals surface area contributed by atoms with E-state index in [0.29, 0.717) is 0 Å². The Morgan fingerprint density at radius 1 is 1.55 bits per heavy atom. The van der Waals surface area contributed by atoms with Gasteiger partial charge in [0.1, 0.15) is 0 Å². The van der Waals surface area contributed by atoms with Crippen LogP contribution in [0.25, 0.3) is 0 Å². The van der Waals surface area contributed by atoms with E-state index in [1.807, 2.05) is 12.1 Å². The summed E-state index contributed by atoms with van der Waals surface area (Å²) in [5, 5.41) is 0. The Bertz CT molecular complexity index is 141. The molecule has 3 heteroatoms. The number of hydrogen-bond donors (Lipinski definition) is 0. The Morgan fingerprint density at radius 2 is 2.18 bits per heavy atom. The van der Waals surface area contributed by atoms with Crippen molar-refractivity contribution in [3.05, 3.63) is 24.2 Å². The number of allylic oxidation sites excluding steroid dienone is 2. The Hall–Kier alpha value is 0.125. The molecule has 0 radical (unpaired) electrons. The minimum atomic E-state index is -0.378. The molecule has 11 heavy (non-hydrogen) atoms. The van der Waals surface area contributed by atoms with Gasteiger partial charge in [-0.25, -0.2) is 0 Å². The molecule has 0 nitrogen and oxygen atoms in total. The molecule has 0 aliphatic rings. The molecule has 0 aliphatic heterocycles. The van der Waals surface area contributed by atoms with Gasteiger partial charge in [0.25, 0.3) is 0 Å². The lowest BCUT2D eigenvalue weighted by Crippen LogP contribution is -1.90. The molecule has 0 bridgehead atoms. The van der Waals surface area contributed by atoms with E-state index in [0.717, 1.165) is 19.3 Å². The van der Waals surface area contributed by atoms with E-state index in [1.165, 1.54) is 5.57 Å². The monoisotopic (exact) mass is 190 g/mol. The third-order valence-corrected chi connectivity index (χ3v) is 1.59. The standard InChI is InChI=1S/C8H13BCl2/c1-3-5-8(6-4-2)7-9(10)11/h3,7H,1,4-6H2,2H3/b8-7-. The zero-order chi connectivity index (χ0) is 8.69. The van der Waals surface area contributed by atoms with Crippen LogP contribution in [0.2, 0.25) is 0 Å². The van der Waals surface area contributed by atoms with Crippen molar-refractivity contribution in [3.8, 4) is 0 Å². The van der Waals surface area contributed by atoms with Crippen LogP contribution in [0.3, 0.4) is 0 Å². The van der Waals surface area contributed by atoms with E-state index < -0.39 is 0 Å². The maximum absolute atomic E-state index is 5.60. The zero-order valence-electron chi connectivity index (χ0n) is 6.82. The van der Waals surface area contributed by atoms with E-state index >= 15 is 0 Å². The largest absolute Gasteiger partial charge is 0.375 e. The van der Waals surface area contributed by atoms with Gasteiger partial charge >= 0.3 is 5.54 Å². The van der Waals surface area contributed by atoms with E-state index in [2.05, 4.69) is 13.5 Å². The third kappa shape index (κ3) is 6.52. The maximum Gasteiger partial charge on any atom is 0.375 e. The van der Waals surface area contributed by atoms with Crippen LogP contribution in [0.15, 0.2) is 24.2 Å². The van der Waals surface area contributed by atoms with Crippen LogP contribution in [-0.2, 0) is 0 Å². The van der Waals surface area contributed by atoms with Gasteiger partial charge < -0.3 is 0 Å². The minimum Gasteiger partial charge on any atom is -0.165 e. The average molecular weight is 191 g/mol. The second-order valence-electron chi connectivity index (χ2n) is 2.40. The van der Waals surface area contributed by atoms with Crippen LogP contribution in [0.5, 0.6) is 0 Å². The smallest absolute Gasteiger partial charge is 0.165 e. The van der Waals surface area contributed by atoms with Crippen LogP contribution < -0.4 is 0 Å². The molecule has 0 aromatic rings. The summed E-state index contributed by atoms with van der Waals surface area (Å²) >= 11 is 11.2. The minimum absolute atomic E-state index is 0.378. The first-order valence-electron chi connectivity index (χ1n) is 3.79. The Balaban J connectivity index is 3.95. The second-order valence-corrected chi connectivity index (χ2v) is 3.57. The topological polar surface area (TPSA) is 0 Å². The van der Waals surface area contributed by atoms with Gasteiger partial charge in [-0.3, -0.25) is 0 Å². The molecule has 62 valence electrons. The fourth-order valence-corrected chi connectivity index (χ4v) is 1.29. The van der Waals surface area contributed by atoms with Gasteiger partial charge in [0, 0.05) is 0 Å².